The normalized spacial score (nSPS) is 13.0. The highest BCUT2D eigenvalue weighted by Gasteiger charge is 2.35. The van der Waals surface area contributed by atoms with Crippen LogP contribution in [0, 0.1) is 0 Å². The molecule has 0 saturated carbocycles. The van der Waals surface area contributed by atoms with Gasteiger partial charge in [0, 0.05) is 32.9 Å². The van der Waals surface area contributed by atoms with Crippen molar-refractivity contribution in [3.8, 4) is 67.3 Å². The van der Waals surface area contributed by atoms with Gasteiger partial charge in [0.15, 0.2) is 5.82 Å². The quantitative estimate of drug-likeness (QED) is 0.178. The molecule has 0 fully saturated rings. The third-order valence-corrected chi connectivity index (χ3v) is 11.7. The molecule has 0 amide bonds. The summed E-state index contributed by atoms with van der Waals surface area (Å²) in [4.78, 5) is 10.6. The Labute approximate surface area is 325 Å². The second-order valence-electron chi connectivity index (χ2n) is 15.4. The molecule has 0 aliphatic heterocycles. The Kier molecular flexibility index (Phi) is 7.20. The average molecular weight is 717 g/mol. The van der Waals surface area contributed by atoms with Gasteiger partial charge in [-0.1, -0.05) is 153 Å². The van der Waals surface area contributed by atoms with Crippen LogP contribution < -0.4 is 0 Å². The number of nitrogens with zero attached hydrogens (tertiary/aromatic N) is 2. The molecule has 0 bridgehead atoms. The van der Waals surface area contributed by atoms with Gasteiger partial charge in [0.1, 0.15) is 11.2 Å². The number of hydrogen-bond donors (Lipinski definition) is 0. The topological polar surface area (TPSA) is 38.9 Å². The molecule has 0 radical (unpaired) electrons. The van der Waals surface area contributed by atoms with Gasteiger partial charge in [-0.15, -0.1) is 0 Å². The Hall–Kier alpha value is -7.10. The fourth-order valence-corrected chi connectivity index (χ4v) is 8.92. The molecule has 10 aromatic rings. The van der Waals surface area contributed by atoms with E-state index in [1.54, 1.807) is 0 Å². The van der Waals surface area contributed by atoms with Crippen LogP contribution in [0.2, 0.25) is 0 Å². The Bertz CT molecular complexity index is 3170. The second kappa shape index (κ2) is 12.5. The lowest BCUT2D eigenvalue weighted by molar-refractivity contribution is 0.660. The van der Waals surface area contributed by atoms with E-state index in [4.69, 9.17) is 14.4 Å². The minimum atomic E-state index is -0.0713. The summed E-state index contributed by atoms with van der Waals surface area (Å²) in [5, 5.41) is 4.63. The fraction of sp³-hybridized carbons (Fsp3) is 0.0566. The molecule has 3 nitrogen and oxygen atoms in total. The predicted molar refractivity (Wildman–Crippen MR) is 232 cm³/mol. The number of benzene rings is 8. The van der Waals surface area contributed by atoms with E-state index in [0.717, 1.165) is 66.7 Å². The molecule has 264 valence electrons. The largest absolute Gasteiger partial charge is 0.456 e. The maximum absolute atomic E-state index is 6.38. The molecule has 0 unspecified atom stereocenters. The Morgan fingerprint density at radius 3 is 1.88 bits per heavy atom. The maximum atomic E-state index is 6.38. The Morgan fingerprint density at radius 1 is 0.393 bits per heavy atom. The maximum Gasteiger partial charge on any atom is 0.160 e. The number of aromatic nitrogens is 2. The van der Waals surface area contributed by atoms with Crippen molar-refractivity contribution < 1.29 is 4.42 Å². The van der Waals surface area contributed by atoms with Gasteiger partial charge in [0.05, 0.1) is 11.4 Å². The van der Waals surface area contributed by atoms with Crippen molar-refractivity contribution >= 4 is 32.7 Å². The van der Waals surface area contributed by atoms with Crippen molar-refractivity contribution in [2.75, 3.05) is 0 Å². The highest BCUT2D eigenvalue weighted by Crippen LogP contribution is 2.50. The first kappa shape index (κ1) is 32.3. The summed E-state index contributed by atoms with van der Waals surface area (Å²) in [5.41, 5.74) is 16.3. The van der Waals surface area contributed by atoms with Gasteiger partial charge in [-0.25, -0.2) is 9.97 Å². The van der Waals surface area contributed by atoms with Crippen LogP contribution in [0.15, 0.2) is 186 Å². The van der Waals surface area contributed by atoms with E-state index < -0.39 is 0 Å². The van der Waals surface area contributed by atoms with Gasteiger partial charge in [-0.3, -0.25) is 0 Å². The summed E-state index contributed by atoms with van der Waals surface area (Å²) in [6, 6.07) is 64.9. The van der Waals surface area contributed by atoms with Gasteiger partial charge < -0.3 is 4.42 Å². The van der Waals surface area contributed by atoms with E-state index in [9.17, 15) is 0 Å². The molecular formula is C53H36N2O. The molecule has 0 N–H and O–H groups in total. The lowest BCUT2D eigenvalue weighted by Gasteiger charge is -2.21. The molecule has 3 heteroatoms. The second-order valence-corrected chi connectivity index (χ2v) is 15.4. The number of rotatable bonds is 5. The first-order valence-corrected chi connectivity index (χ1v) is 19.2. The van der Waals surface area contributed by atoms with Crippen molar-refractivity contribution in [1.29, 1.82) is 0 Å². The minimum Gasteiger partial charge on any atom is -0.456 e. The van der Waals surface area contributed by atoms with E-state index in [0.29, 0.717) is 5.82 Å². The number of para-hydroxylation sites is 1. The molecule has 56 heavy (non-hydrogen) atoms. The average Bonchev–Trinajstić information content (AvgIpc) is 3.75. The van der Waals surface area contributed by atoms with E-state index in [1.807, 2.05) is 18.2 Å². The van der Waals surface area contributed by atoms with Crippen LogP contribution in [0.1, 0.15) is 25.0 Å². The number of hydrogen-bond acceptors (Lipinski definition) is 3. The van der Waals surface area contributed by atoms with Gasteiger partial charge in [0.2, 0.25) is 0 Å². The number of furan rings is 1. The summed E-state index contributed by atoms with van der Waals surface area (Å²) in [6.07, 6.45) is 0. The predicted octanol–water partition coefficient (Wildman–Crippen LogP) is 14.2. The lowest BCUT2D eigenvalue weighted by atomic mass is 9.82. The monoisotopic (exact) mass is 716 g/mol. The molecule has 0 spiro atoms. The third-order valence-electron chi connectivity index (χ3n) is 11.7. The minimum absolute atomic E-state index is 0.0713. The Balaban J connectivity index is 1.17. The SMILES string of the molecule is CC1(C)c2ccccc2-c2cc(-c3cc(-c4cc(-c5cccc6ccccc56)cc(-c5cccc6oc7ccccc7c56)c4)nc(-c4ccccc4)n3)ccc21. The number of fused-ring (bicyclic) bond motifs is 7. The van der Waals surface area contributed by atoms with Crippen molar-refractivity contribution in [2.24, 2.45) is 0 Å². The smallest absolute Gasteiger partial charge is 0.160 e. The first-order chi connectivity index (χ1) is 27.5. The molecule has 1 aliphatic rings. The van der Waals surface area contributed by atoms with Crippen LogP contribution in [0.25, 0.3) is 100.0 Å². The van der Waals surface area contributed by atoms with Crippen LogP contribution >= 0.6 is 0 Å². The molecule has 2 aromatic heterocycles. The van der Waals surface area contributed by atoms with Gasteiger partial charge in [-0.05, 0) is 97.7 Å². The highest BCUT2D eigenvalue weighted by molar-refractivity contribution is 6.13. The van der Waals surface area contributed by atoms with E-state index in [2.05, 4.69) is 178 Å². The van der Waals surface area contributed by atoms with Crippen LogP contribution in [0.5, 0.6) is 0 Å². The van der Waals surface area contributed by atoms with Crippen LogP contribution in [-0.2, 0) is 5.41 Å². The summed E-state index contributed by atoms with van der Waals surface area (Å²) in [5.74, 6) is 0.694. The summed E-state index contributed by atoms with van der Waals surface area (Å²) < 4.78 is 6.38. The van der Waals surface area contributed by atoms with E-state index >= 15 is 0 Å². The molecule has 11 rings (SSSR count). The van der Waals surface area contributed by atoms with Crippen LogP contribution in [-0.4, -0.2) is 9.97 Å². The molecule has 8 aromatic carbocycles. The zero-order valence-corrected chi connectivity index (χ0v) is 31.1. The standard InChI is InChI=1S/C53H36N2O/c1-53(2)45-23-10-8-19-42(45)44-31-35(26-27-46(44)53)47-32-48(55-52(54-47)34-15-4-3-5-16-34)38-29-36(40-21-12-17-33-14-6-7-18-39(33)40)28-37(30-38)41-22-13-25-50-51(41)43-20-9-11-24-49(43)56-50/h3-32H,1-2H3. The molecular weight excluding hydrogens is 681 g/mol. The van der Waals surface area contributed by atoms with Crippen molar-refractivity contribution in [1.82, 2.24) is 9.97 Å². The third kappa shape index (κ3) is 5.12. The first-order valence-electron chi connectivity index (χ1n) is 19.2. The zero-order chi connectivity index (χ0) is 37.4. The van der Waals surface area contributed by atoms with E-state index in [1.165, 1.54) is 38.6 Å². The molecule has 1 aliphatic carbocycles. The van der Waals surface area contributed by atoms with Crippen molar-refractivity contribution in [3.63, 3.8) is 0 Å². The lowest BCUT2D eigenvalue weighted by Crippen LogP contribution is -2.14. The van der Waals surface area contributed by atoms with Gasteiger partial charge >= 0.3 is 0 Å². The molecule has 2 heterocycles. The fourth-order valence-electron chi connectivity index (χ4n) is 8.92. The molecule has 0 atom stereocenters. The highest BCUT2D eigenvalue weighted by atomic mass is 16.3. The van der Waals surface area contributed by atoms with Crippen molar-refractivity contribution in [3.05, 3.63) is 193 Å². The van der Waals surface area contributed by atoms with E-state index in [-0.39, 0.29) is 5.41 Å². The van der Waals surface area contributed by atoms with Crippen molar-refractivity contribution in [2.45, 2.75) is 19.3 Å². The zero-order valence-electron chi connectivity index (χ0n) is 31.1. The Morgan fingerprint density at radius 2 is 1.00 bits per heavy atom. The van der Waals surface area contributed by atoms with Crippen LogP contribution in [0.3, 0.4) is 0 Å². The van der Waals surface area contributed by atoms with Gasteiger partial charge in [-0.2, -0.15) is 0 Å². The summed E-state index contributed by atoms with van der Waals surface area (Å²) in [6.45, 7) is 4.64. The van der Waals surface area contributed by atoms with Crippen LogP contribution in [0.4, 0.5) is 0 Å². The molecule has 0 saturated heterocycles. The van der Waals surface area contributed by atoms with Gasteiger partial charge in [0.25, 0.3) is 0 Å². The summed E-state index contributed by atoms with van der Waals surface area (Å²) >= 11 is 0. The summed E-state index contributed by atoms with van der Waals surface area (Å²) in [7, 11) is 0.